The zero-order valence-electron chi connectivity index (χ0n) is 11.8. The molecule has 0 heterocycles. The van der Waals surface area contributed by atoms with Crippen molar-refractivity contribution in [2.75, 3.05) is 13.7 Å². The molecule has 0 aliphatic rings. The third-order valence-corrected chi connectivity index (χ3v) is 4.32. The van der Waals surface area contributed by atoms with E-state index in [0.717, 1.165) is 12.1 Å². The minimum atomic E-state index is -4.06. The lowest BCUT2D eigenvalue weighted by atomic mass is 10.1. The molecular weight excluding hydrogens is 322 g/mol. The molecule has 0 amide bonds. The molecule has 0 saturated carbocycles. The van der Waals surface area contributed by atoms with Crippen LogP contribution in [0.5, 0.6) is 5.75 Å². The fourth-order valence-corrected chi connectivity index (χ4v) is 3.03. The molecular formula is C11H18ClN3O5S. The van der Waals surface area contributed by atoms with Crippen LogP contribution in [0.15, 0.2) is 23.1 Å². The first-order valence-electron chi connectivity index (χ1n) is 5.69. The van der Waals surface area contributed by atoms with Crippen molar-refractivity contribution in [1.29, 1.82) is 0 Å². The van der Waals surface area contributed by atoms with Gasteiger partial charge < -0.3 is 10.5 Å². The minimum absolute atomic E-state index is 0. The number of nitro groups is 1. The molecule has 0 bridgehead atoms. The van der Waals surface area contributed by atoms with Gasteiger partial charge >= 0.3 is 0 Å². The summed E-state index contributed by atoms with van der Waals surface area (Å²) < 4.78 is 31.6. The normalized spacial score (nSPS) is 11.6. The Kier molecular flexibility index (Phi) is 6.55. The Morgan fingerprint density at radius 2 is 2.00 bits per heavy atom. The van der Waals surface area contributed by atoms with Crippen LogP contribution in [0.1, 0.15) is 13.8 Å². The molecule has 21 heavy (non-hydrogen) atoms. The van der Waals surface area contributed by atoms with Gasteiger partial charge in [-0.1, -0.05) is 0 Å². The lowest BCUT2D eigenvalue weighted by Gasteiger charge is -2.23. The average molecular weight is 340 g/mol. The van der Waals surface area contributed by atoms with Crippen molar-refractivity contribution in [1.82, 2.24) is 4.72 Å². The molecule has 0 unspecified atom stereocenters. The van der Waals surface area contributed by atoms with Gasteiger partial charge in [-0.15, -0.1) is 12.4 Å². The van der Waals surface area contributed by atoms with Crippen molar-refractivity contribution in [3.8, 4) is 5.75 Å². The second-order valence-electron chi connectivity index (χ2n) is 4.78. The molecule has 1 rings (SSSR count). The molecule has 8 nitrogen and oxygen atoms in total. The van der Waals surface area contributed by atoms with Crippen molar-refractivity contribution in [3.63, 3.8) is 0 Å². The molecule has 0 aromatic heterocycles. The Labute approximate surface area is 129 Å². The smallest absolute Gasteiger partial charge is 0.293 e. The van der Waals surface area contributed by atoms with E-state index in [1.54, 1.807) is 13.8 Å². The first-order valence-corrected chi connectivity index (χ1v) is 7.18. The largest absolute Gasteiger partial charge is 0.497 e. The van der Waals surface area contributed by atoms with E-state index < -0.39 is 31.1 Å². The summed E-state index contributed by atoms with van der Waals surface area (Å²) in [4.78, 5) is 9.81. The zero-order chi connectivity index (χ0) is 15.6. The van der Waals surface area contributed by atoms with Crippen molar-refractivity contribution < 1.29 is 18.1 Å². The summed E-state index contributed by atoms with van der Waals surface area (Å²) in [6.45, 7) is 3.22. The van der Waals surface area contributed by atoms with E-state index in [-0.39, 0.29) is 24.7 Å². The Balaban J connectivity index is 0.00000400. The van der Waals surface area contributed by atoms with Crippen LogP contribution in [-0.2, 0) is 10.0 Å². The van der Waals surface area contributed by atoms with E-state index in [2.05, 4.69) is 4.72 Å². The molecule has 0 fully saturated rings. The number of methoxy groups -OCH3 is 1. The first kappa shape index (κ1) is 19.6. The number of ether oxygens (including phenoxy) is 1. The maximum atomic E-state index is 12.2. The molecule has 0 saturated heterocycles. The minimum Gasteiger partial charge on any atom is -0.497 e. The second-order valence-corrected chi connectivity index (χ2v) is 6.44. The SMILES string of the molecule is COc1ccc(S(=O)(=O)NC(C)(C)CN)c([N+](=O)[O-])c1.Cl. The lowest BCUT2D eigenvalue weighted by Crippen LogP contribution is -2.48. The van der Waals surface area contributed by atoms with Crippen LogP contribution in [0.4, 0.5) is 5.69 Å². The fraction of sp³-hybridized carbons (Fsp3) is 0.455. The number of hydrogen-bond donors (Lipinski definition) is 2. The summed E-state index contributed by atoms with van der Waals surface area (Å²) in [5.41, 5.74) is 3.99. The third kappa shape index (κ3) is 4.81. The van der Waals surface area contributed by atoms with Crippen LogP contribution in [0.2, 0.25) is 0 Å². The molecule has 3 N–H and O–H groups in total. The summed E-state index contributed by atoms with van der Waals surface area (Å²) in [5.74, 6) is 0.203. The third-order valence-electron chi connectivity index (χ3n) is 2.57. The molecule has 0 aliphatic heterocycles. The Bertz CT molecular complexity index is 618. The zero-order valence-corrected chi connectivity index (χ0v) is 13.5. The molecule has 0 atom stereocenters. The summed E-state index contributed by atoms with van der Waals surface area (Å²) >= 11 is 0. The van der Waals surface area contributed by atoms with Crippen LogP contribution < -0.4 is 15.2 Å². The number of hydrogen-bond acceptors (Lipinski definition) is 6. The van der Waals surface area contributed by atoms with E-state index in [9.17, 15) is 18.5 Å². The van der Waals surface area contributed by atoms with E-state index in [1.165, 1.54) is 13.2 Å². The van der Waals surface area contributed by atoms with Gasteiger partial charge in [-0.3, -0.25) is 10.1 Å². The van der Waals surface area contributed by atoms with E-state index >= 15 is 0 Å². The maximum absolute atomic E-state index is 12.2. The number of halogens is 1. The maximum Gasteiger partial charge on any atom is 0.293 e. The summed E-state index contributed by atoms with van der Waals surface area (Å²) in [7, 11) is -2.72. The van der Waals surface area contributed by atoms with Crippen LogP contribution in [0.25, 0.3) is 0 Å². The predicted molar refractivity (Wildman–Crippen MR) is 80.4 cm³/mol. The topological polar surface area (TPSA) is 125 Å². The first-order chi connectivity index (χ1) is 9.13. The van der Waals surface area contributed by atoms with Gasteiger partial charge in [-0.05, 0) is 26.0 Å². The molecule has 0 spiro atoms. The molecule has 120 valence electrons. The molecule has 1 aromatic rings. The van der Waals surface area contributed by atoms with E-state index in [4.69, 9.17) is 10.5 Å². The predicted octanol–water partition coefficient (Wildman–Crippen LogP) is 1.04. The Morgan fingerprint density at radius 1 is 1.43 bits per heavy atom. The van der Waals surface area contributed by atoms with Crippen molar-refractivity contribution in [3.05, 3.63) is 28.3 Å². The van der Waals surface area contributed by atoms with Crippen molar-refractivity contribution in [2.24, 2.45) is 5.73 Å². The number of benzene rings is 1. The van der Waals surface area contributed by atoms with Crippen molar-refractivity contribution >= 4 is 28.1 Å². The molecule has 0 aliphatic carbocycles. The summed E-state index contributed by atoms with van der Waals surface area (Å²) in [5, 5.41) is 11.0. The molecule has 0 radical (unpaired) electrons. The van der Waals surface area contributed by atoms with Crippen LogP contribution in [0.3, 0.4) is 0 Å². The van der Waals surface area contributed by atoms with Crippen LogP contribution in [-0.4, -0.2) is 32.5 Å². The van der Waals surface area contributed by atoms with Gasteiger partial charge in [0.05, 0.1) is 18.1 Å². The number of nitrogens with one attached hydrogen (secondary N) is 1. The van der Waals surface area contributed by atoms with Gasteiger partial charge in [0, 0.05) is 12.1 Å². The highest BCUT2D eigenvalue weighted by molar-refractivity contribution is 7.89. The molecule has 1 aromatic carbocycles. The highest BCUT2D eigenvalue weighted by Gasteiger charge is 2.31. The monoisotopic (exact) mass is 339 g/mol. The highest BCUT2D eigenvalue weighted by atomic mass is 35.5. The van der Waals surface area contributed by atoms with Crippen molar-refractivity contribution in [2.45, 2.75) is 24.3 Å². The summed E-state index contributed by atoms with van der Waals surface area (Å²) in [6.07, 6.45) is 0. The average Bonchev–Trinajstić information content (AvgIpc) is 2.36. The fourth-order valence-electron chi connectivity index (χ4n) is 1.45. The Morgan fingerprint density at radius 3 is 2.43 bits per heavy atom. The van der Waals surface area contributed by atoms with Gasteiger partial charge in [-0.25, -0.2) is 13.1 Å². The van der Waals surface area contributed by atoms with Crippen LogP contribution >= 0.6 is 12.4 Å². The number of nitrogens with two attached hydrogens (primary N) is 1. The van der Waals surface area contributed by atoms with Crippen LogP contribution in [0, 0.1) is 10.1 Å². The standard InChI is InChI=1S/C11H17N3O5S.ClH/c1-11(2,7-12)13-20(17,18)10-5-4-8(19-3)6-9(10)14(15)16;/h4-6,13H,7,12H2,1-3H3;1H. The Hall–Kier alpha value is -1.42. The quantitative estimate of drug-likeness (QED) is 0.589. The second kappa shape index (κ2) is 7.03. The summed E-state index contributed by atoms with van der Waals surface area (Å²) in [6, 6.07) is 3.53. The van der Waals surface area contributed by atoms with Gasteiger partial charge in [0.1, 0.15) is 5.75 Å². The number of sulfonamides is 1. The lowest BCUT2D eigenvalue weighted by molar-refractivity contribution is -0.387. The number of nitrogens with zero attached hydrogens (tertiary/aromatic N) is 1. The van der Waals surface area contributed by atoms with Gasteiger partial charge in [-0.2, -0.15) is 0 Å². The van der Waals surface area contributed by atoms with E-state index in [0.29, 0.717) is 0 Å². The number of rotatable bonds is 6. The highest BCUT2D eigenvalue weighted by Crippen LogP contribution is 2.28. The number of nitro benzene ring substituents is 1. The van der Waals surface area contributed by atoms with Gasteiger partial charge in [0.15, 0.2) is 4.90 Å². The van der Waals surface area contributed by atoms with Gasteiger partial charge in [0.2, 0.25) is 10.0 Å². The molecule has 10 heteroatoms. The van der Waals surface area contributed by atoms with E-state index in [1.807, 2.05) is 0 Å². The van der Waals surface area contributed by atoms with Gasteiger partial charge in [0.25, 0.3) is 5.69 Å².